The number of anilines is 1. The molecular formula is C9H13N5S. The SMILES string of the molecule is CCc1nsc(NCCc2cnc[nH]2)n1. The zero-order valence-electron chi connectivity index (χ0n) is 8.53. The second-order valence-electron chi connectivity index (χ2n) is 3.12. The molecule has 2 N–H and O–H groups in total. The lowest BCUT2D eigenvalue weighted by Crippen LogP contribution is -2.04. The molecule has 0 unspecified atom stereocenters. The Morgan fingerprint density at radius 3 is 3.13 bits per heavy atom. The second-order valence-corrected chi connectivity index (χ2v) is 3.87. The fourth-order valence-electron chi connectivity index (χ4n) is 1.19. The summed E-state index contributed by atoms with van der Waals surface area (Å²) in [5.41, 5.74) is 1.13. The number of rotatable bonds is 5. The molecule has 2 aromatic heterocycles. The Balaban J connectivity index is 1.78. The summed E-state index contributed by atoms with van der Waals surface area (Å²) < 4.78 is 4.20. The van der Waals surface area contributed by atoms with Gasteiger partial charge in [-0.05, 0) is 0 Å². The van der Waals surface area contributed by atoms with Gasteiger partial charge in [0.1, 0.15) is 5.82 Å². The standard InChI is InChI=1S/C9H13N5S/c1-2-8-13-9(15-14-8)11-4-3-7-5-10-6-12-7/h5-6H,2-4H2,1H3,(H,10,12)(H,11,13,14). The molecule has 0 saturated heterocycles. The highest BCUT2D eigenvalue weighted by molar-refractivity contribution is 7.09. The first-order chi connectivity index (χ1) is 7.38. The molecule has 0 aliphatic carbocycles. The summed E-state index contributed by atoms with van der Waals surface area (Å²) in [4.78, 5) is 11.3. The number of hydrogen-bond acceptors (Lipinski definition) is 5. The first kappa shape index (κ1) is 10.1. The maximum atomic E-state index is 4.32. The normalized spacial score (nSPS) is 10.5. The summed E-state index contributed by atoms with van der Waals surface area (Å²) >= 11 is 1.41. The number of hydrogen-bond donors (Lipinski definition) is 2. The predicted octanol–water partition coefficient (Wildman–Crippen LogP) is 1.48. The highest BCUT2D eigenvalue weighted by Crippen LogP contribution is 2.10. The Bertz CT molecular complexity index is 394. The van der Waals surface area contributed by atoms with Crippen molar-refractivity contribution < 1.29 is 0 Å². The lowest BCUT2D eigenvalue weighted by molar-refractivity contribution is 0.959. The molecule has 2 rings (SSSR count). The van der Waals surface area contributed by atoms with Gasteiger partial charge in [-0.15, -0.1) is 0 Å². The van der Waals surface area contributed by atoms with E-state index >= 15 is 0 Å². The summed E-state index contributed by atoms with van der Waals surface area (Å²) in [5, 5.41) is 4.13. The molecule has 0 aliphatic rings. The third kappa shape index (κ3) is 2.76. The van der Waals surface area contributed by atoms with Crippen LogP contribution in [0.2, 0.25) is 0 Å². The predicted molar refractivity (Wildman–Crippen MR) is 60.1 cm³/mol. The highest BCUT2D eigenvalue weighted by atomic mass is 32.1. The molecule has 80 valence electrons. The van der Waals surface area contributed by atoms with Crippen molar-refractivity contribution in [3.8, 4) is 0 Å². The summed E-state index contributed by atoms with van der Waals surface area (Å²) in [7, 11) is 0. The molecule has 0 spiro atoms. The molecule has 2 heterocycles. The van der Waals surface area contributed by atoms with Gasteiger partial charge < -0.3 is 10.3 Å². The number of imidazole rings is 1. The van der Waals surface area contributed by atoms with Gasteiger partial charge in [-0.25, -0.2) is 9.97 Å². The average molecular weight is 223 g/mol. The van der Waals surface area contributed by atoms with Crippen LogP contribution in [-0.2, 0) is 12.8 Å². The molecule has 6 heteroatoms. The Morgan fingerprint density at radius 1 is 1.53 bits per heavy atom. The van der Waals surface area contributed by atoms with Crippen molar-refractivity contribution in [3.05, 3.63) is 24.0 Å². The number of nitrogens with zero attached hydrogens (tertiary/aromatic N) is 3. The van der Waals surface area contributed by atoms with Crippen molar-refractivity contribution in [1.82, 2.24) is 19.3 Å². The zero-order chi connectivity index (χ0) is 10.5. The molecule has 0 bridgehead atoms. The fraction of sp³-hybridized carbons (Fsp3) is 0.444. The van der Waals surface area contributed by atoms with Crippen LogP contribution < -0.4 is 5.32 Å². The molecule has 0 atom stereocenters. The topological polar surface area (TPSA) is 66.5 Å². The summed E-state index contributed by atoms with van der Waals surface area (Å²) in [6.07, 6.45) is 5.33. The third-order valence-electron chi connectivity index (χ3n) is 2.01. The van der Waals surface area contributed by atoms with Crippen LogP contribution in [0.15, 0.2) is 12.5 Å². The van der Waals surface area contributed by atoms with Crippen LogP contribution in [0.4, 0.5) is 5.13 Å². The van der Waals surface area contributed by atoms with Crippen LogP contribution >= 0.6 is 11.5 Å². The van der Waals surface area contributed by atoms with Gasteiger partial charge in [-0.2, -0.15) is 4.37 Å². The van der Waals surface area contributed by atoms with Gasteiger partial charge in [0.25, 0.3) is 0 Å². The minimum atomic E-state index is 0.848. The van der Waals surface area contributed by atoms with E-state index in [2.05, 4.69) is 31.6 Å². The van der Waals surface area contributed by atoms with Crippen molar-refractivity contribution in [2.45, 2.75) is 19.8 Å². The lowest BCUT2D eigenvalue weighted by Gasteiger charge is -1.99. The third-order valence-corrected chi connectivity index (χ3v) is 2.72. The van der Waals surface area contributed by atoms with Crippen molar-refractivity contribution in [3.63, 3.8) is 0 Å². The molecule has 0 amide bonds. The maximum Gasteiger partial charge on any atom is 0.202 e. The zero-order valence-corrected chi connectivity index (χ0v) is 9.34. The van der Waals surface area contributed by atoms with Gasteiger partial charge in [0, 0.05) is 42.8 Å². The monoisotopic (exact) mass is 223 g/mol. The Morgan fingerprint density at radius 2 is 2.47 bits per heavy atom. The largest absolute Gasteiger partial charge is 0.360 e. The van der Waals surface area contributed by atoms with Crippen LogP contribution in [0.3, 0.4) is 0 Å². The van der Waals surface area contributed by atoms with Crippen LogP contribution in [-0.4, -0.2) is 25.9 Å². The van der Waals surface area contributed by atoms with E-state index in [0.717, 1.165) is 36.0 Å². The Hall–Kier alpha value is -1.43. The van der Waals surface area contributed by atoms with Crippen molar-refractivity contribution in [2.24, 2.45) is 0 Å². The molecule has 0 aliphatic heterocycles. The van der Waals surface area contributed by atoms with Gasteiger partial charge in [0.05, 0.1) is 6.33 Å². The van der Waals surface area contributed by atoms with Crippen LogP contribution in [0.25, 0.3) is 0 Å². The number of aromatic nitrogens is 4. The van der Waals surface area contributed by atoms with Crippen molar-refractivity contribution >= 4 is 16.7 Å². The first-order valence-corrected chi connectivity index (χ1v) is 5.69. The van der Waals surface area contributed by atoms with Gasteiger partial charge in [-0.1, -0.05) is 6.92 Å². The van der Waals surface area contributed by atoms with Crippen LogP contribution in [0, 0.1) is 0 Å². The van der Waals surface area contributed by atoms with Gasteiger partial charge in [-0.3, -0.25) is 0 Å². The van der Waals surface area contributed by atoms with E-state index in [1.807, 2.05) is 6.20 Å². The van der Waals surface area contributed by atoms with Crippen LogP contribution in [0.1, 0.15) is 18.4 Å². The van der Waals surface area contributed by atoms with E-state index in [0.29, 0.717) is 0 Å². The quantitative estimate of drug-likeness (QED) is 0.805. The highest BCUT2D eigenvalue weighted by Gasteiger charge is 2.01. The van der Waals surface area contributed by atoms with E-state index in [9.17, 15) is 0 Å². The Labute approximate surface area is 92.1 Å². The van der Waals surface area contributed by atoms with E-state index < -0.39 is 0 Å². The fourth-order valence-corrected chi connectivity index (χ4v) is 1.87. The second kappa shape index (κ2) is 4.88. The molecule has 0 radical (unpaired) electrons. The summed E-state index contributed by atoms with van der Waals surface area (Å²) in [5.74, 6) is 0.907. The van der Waals surface area contributed by atoms with Crippen LogP contribution in [0.5, 0.6) is 0 Å². The molecule has 15 heavy (non-hydrogen) atoms. The molecular weight excluding hydrogens is 210 g/mol. The van der Waals surface area contributed by atoms with E-state index in [1.54, 1.807) is 6.33 Å². The number of H-pyrrole nitrogens is 1. The summed E-state index contributed by atoms with van der Waals surface area (Å²) in [6.45, 7) is 2.90. The maximum absolute atomic E-state index is 4.32. The smallest absolute Gasteiger partial charge is 0.202 e. The molecule has 0 saturated carbocycles. The van der Waals surface area contributed by atoms with Crippen molar-refractivity contribution in [1.29, 1.82) is 0 Å². The molecule has 0 aromatic carbocycles. The van der Waals surface area contributed by atoms with E-state index in [1.165, 1.54) is 11.5 Å². The average Bonchev–Trinajstić information content (AvgIpc) is 2.88. The van der Waals surface area contributed by atoms with E-state index in [-0.39, 0.29) is 0 Å². The molecule has 5 nitrogen and oxygen atoms in total. The Kier molecular flexibility index (Phi) is 3.29. The minimum absolute atomic E-state index is 0.848. The minimum Gasteiger partial charge on any atom is -0.360 e. The molecule has 2 aromatic rings. The lowest BCUT2D eigenvalue weighted by atomic mass is 10.3. The summed E-state index contributed by atoms with van der Waals surface area (Å²) in [6, 6.07) is 0. The van der Waals surface area contributed by atoms with E-state index in [4.69, 9.17) is 0 Å². The number of aryl methyl sites for hydroxylation is 1. The van der Waals surface area contributed by atoms with Gasteiger partial charge >= 0.3 is 0 Å². The molecule has 0 fully saturated rings. The van der Waals surface area contributed by atoms with Gasteiger partial charge in [0.15, 0.2) is 0 Å². The first-order valence-electron chi connectivity index (χ1n) is 4.92. The van der Waals surface area contributed by atoms with Crippen molar-refractivity contribution in [2.75, 3.05) is 11.9 Å². The van der Waals surface area contributed by atoms with Gasteiger partial charge in [0.2, 0.25) is 5.13 Å². The number of nitrogens with one attached hydrogen (secondary N) is 2. The number of aromatic amines is 1.